The Balaban J connectivity index is 2.79. The van der Waals surface area contributed by atoms with E-state index < -0.39 is 7.37 Å². The lowest BCUT2D eigenvalue weighted by Gasteiger charge is -2.13. The van der Waals surface area contributed by atoms with Crippen molar-refractivity contribution >= 4 is 13.1 Å². The molecule has 0 aliphatic rings. The maximum atomic E-state index is 11.1. The molecule has 1 atom stereocenters. The number of rotatable bonds is 3. The van der Waals surface area contributed by atoms with Crippen LogP contribution < -0.4 is 4.90 Å². The van der Waals surface area contributed by atoms with E-state index in [1.165, 1.54) is 6.66 Å². The highest BCUT2D eigenvalue weighted by Gasteiger charge is 2.10. The van der Waals surface area contributed by atoms with E-state index in [4.69, 9.17) is 0 Å². The summed E-state index contributed by atoms with van der Waals surface area (Å²) in [6.07, 6.45) is 0.251. The molecule has 1 aromatic carbocycles. The molecule has 0 saturated heterocycles. The minimum absolute atomic E-state index is 0.251. The second-order valence-electron chi connectivity index (χ2n) is 3.77. The predicted molar refractivity (Wildman–Crippen MR) is 60.2 cm³/mol. The lowest BCUT2D eigenvalue weighted by Crippen LogP contribution is -2.08. The van der Waals surface area contributed by atoms with Gasteiger partial charge in [0.05, 0.1) is 0 Å². The van der Waals surface area contributed by atoms with E-state index >= 15 is 0 Å². The summed E-state index contributed by atoms with van der Waals surface area (Å²) in [5.41, 5.74) is 2.00. The zero-order chi connectivity index (χ0) is 10.8. The van der Waals surface area contributed by atoms with Crippen LogP contribution in [0.15, 0.2) is 24.3 Å². The highest BCUT2D eigenvalue weighted by Crippen LogP contribution is 2.39. The summed E-state index contributed by atoms with van der Waals surface area (Å²) in [4.78, 5) is 11.2. The molecule has 0 saturated carbocycles. The van der Waals surface area contributed by atoms with Gasteiger partial charge in [-0.2, -0.15) is 0 Å². The maximum absolute atomic E-state index is 11.1. The quantitative estimate of drug-likeness (QED) is 0.782. The minimum Gasteiger partial charge on any atom is -0.378 e. The first-order valence-corrected chi connectivity index (χ1v) is 6.73. The van der Waals surface area contributed by atoms with Gasteiger partial charge in [0.25, 0.3) is 0 Å². The summed E-state index contributed by atoms with van der Waals surface area (Å²) >= 11 is 0. The van der Waals surface area contributed by atoms with Crippen LogP contribution in [0.25, 0.3) is 0 Å². The SMILES string of the molecule is CN(C)c1ccc(CP(C)(=O)O)cc1. The van der Waals surface area contributed by atoms with Gasteiger partial charge in [-0.15, -0.1) is 0 Å². The summed E-state index contributed by atoms with van der Waals surface area (Å²) in [5.74, 6) is 0. The first-order valence-electron chi connectivity index (χ1n) is 4.44. The van der Waals surface area contributed by atoms with Gasteiger partial charge < -0.3 is 9.79 Å². The van der Waals surface area contributed by atoms with E-state index in [1.54, 1.807) is 0 Å². The molecule has 0 aliphatic heterocycles. The van der Waals surface area contributed by atoms with Gasteiger partial charge in [-0.25, -0.2) is 0 Å². The summed E-state index contributed by atoms with van der Waals surface area (Å²) in [6, 6.07) is 7.68. The number of anilines is 1. The monoisotopic (exact) mass is 213 g/mol. The van der Waals surface area contributed by atoms with Gasteiger partial charge >= 0.3 is 0 Å². The molecule has 1 N–H and O–H groups in total. The molecule has 0 radical (unpaired) electrons. The molecule has 0 bridgehead atoms. The third-order valence-electron chi connectivity index (χ3n) is 1.93. The van der Waals surface area contributed by atoms with Crippen molar-refractivity contribution < 1.29 is 9.46 Å². The summed E-state index contributed by atoms with van der Waals surface area (Å²) < 4.78 is 11.1. The number of benzene rings is 1. The fourth-order valence-electron chi connectivity index (χ4n) is 1.24. The van der Waals surface area contributed by atoms with Crippen molar-refractivity contribution in [3.8, 4) is 0 Å². The van der Waals surface area contributed by atoms with Gasteiger partial charge in [-0.3, -0.25) is 4.57 Å². The van der Waals surface area contributed by atoms with E-state index in [-0.39, 0.29) is 6.16 Å². The molecule has 1 rings (SSSR count). The molecule has 0 aromatic heterocycles. The minimum atomic E-state index is -2.94. The van der Waals surface area contributed by atoms with Gasteiger partial charge in [0.1, 0.15) is 0 Å². The molecule has 4 heteroatoms. The van der Waals surface area contributed by atoms with Gasteiger partial charge in [0.15, 0.2) is 0 Å². The van der Waals surface area contributed by atoms with Crippen molar-refractivity contribution in [1.29, 1.82) is 0 Å². The van der Waals surface area contributed by atoms with E-state index in [1.807, 2.05) is 43.3 Å². The Morgan fingerprint density at radius 1 is 1.29 bits per heavy atom. The first kappa shape index (κ1) is 11.3. The highest BCUT2D eigenvalue weighted by atomic mass is 31.2. The third-order valence-corrected chi connectivity index (χ3v) is 2.88. The number of nitrogens with zero attached hydrogens (tertiary/aromatic N) is 1. The fourth-order valence-corrected chi connectivity index (χ4v) is 2.13. The average molecular weight is 213 g/mol. The Bertz CT molecular complexity index is 340. The van der Waals surface area contributed by atoms with E-state index in [0.29, 0.717) is 0 Å². The van der Waals surface area contributed by atoms with Gasteiger partial charge in [-0.1, -0.05) is 12.1 Å². The van der Waals surface area contributed by atoms with Gasteiger partial charge in [0.2, 0.25) is 7.37 Å². The summed E-state index contributed by atoms with van der Waals surface area (Å²) in [7, 11) is 0.988. The first-order chi connectivity index (χ1) is 6.38. The molecule has 78 valence electrons. The second kappa shape index (κ2) is 4.16. The Labute approximate surface area is 84.8 Å². The highest BCUT2D eigenvalue weighted by molar-refractivity contribution is 7.56. The predicted octanol–water partition coefficient (Wildman–Crippen LogP) is 2.15. The molecular formula is C10H16NO2P. The topological polar surface area (TPSA) is 40.5 Å². The lowest BCUT2D eigenvalue weighted by molar-refractivity contribution is 0.484. The molecule has 1 aromatic rings. The Hall–Kier alpha value is -0.790. The van der Waals surface area contributed by atoms with Crippen LogP contribution in [0.5, 0.6) is 0 Å². The van der Waals surface area contributed by atoms with Crippen LogP contribution in [0.1, 0.15) is 5.56 Å². The Morgan fingerprint density at radius 2 is 1.79 bits per heavy atom. The second-order valence-corrected chi connectivity index (χ2v) is 6.19. The molecular weight excluding hydrogens is 197 g/mol. The fraction of sp³-hybridized carbons (Fsp3) is 0.400. The van der Waals surface area contributed by atoms with Crippen LogP contribution in [0, 0.1) is 0 Å². The van der Waals surface area contributed by atoms with Crippen molar-refractivity contribution in [3.05, 3.63) is 29.8 Å². The third kappa shape index (κ3) is 3.52. The Morgan fingerprint density at radius 3 is 2.14 bits per heavy atom. The van der Waals surface area contributed by atoms with Crippen LogP contribution in [0.4, 0.5) is 5.69 Å². The van der Waals surface area contributed by atoms with Crippen LogP contribution in [-0.4, -0.2) is 25.7 Å². The summed E-state index contributed by atoms with van der Waals surface area (Å²) in [5, 5.41) is 0. The summed E-state index contributed by atoms with van der Waals surface area (Å²) in [6.45, 7) is 1.38. The van der Waals surface area contributed by atoms with E-state index in [2.05, 4.69) is 0 Å². The Kier molecular flexibility index (Phi) is 3.35. The van der Waals surface area contributed by atoms with Crippen molar-refractivity contribution in [2.75, 3.05) is 25.7 Å². The largest absolute Gasteiger partial charge is 0.378 e. The number of hydrogen-bond donors (Lipinski definition) is 1. The zero-order valence-electron chi connectivity index (χ0n) is 8.77. The standard InChI is InChI=1S/C10H16NO2P/c1-11(2)10-6-4-9(5-7-10)8-14(3,12)13/h4-7H,8H2,1-3H3,(H,12,13). The van der Waals surface area contributed by atoms with E-state index in [0.717, 1.165) is 11.3 Å². The van der Waals surface area contributed by atoms with Crippen LogP contribution in [0.3, 0.4) is 0 Å². The van der Waals surface area contributed by atoms with Gasteiger partial charge in [-0.05, 0) is 17.7 Å². The molecule has 0 fully saturated rings. The maximum Gasteiger partial charge on any atom is 0.201 e. The van der Waals surface area contributed by atoms with Crippen LogP contribution in [0.2, 0.25) is 0 Å². The van der Waals surface area contributed by atoms with Crippen LogP contribution in [-0.2, 0) is 10.7 Å². The molecule has 0 spiro atoms. The van der Waals surface area contributed by atoms with Crippen molar-refractivity contribution in [2.45, 2.75) is 6.16 Å². The molecule has 0 heterocycles. The lowest BCUT2D eigenvalue weighted by atomic mass is 10.2. The van der Waals surface area contributed by atoms with Gasteiger partial charge in [0, 0.05) is 32.6 Å². The molecule has 0 amide bonds. The van der Waals surface area contributed by atoms with Crippen molar-refractivity contribution in [1.82, 2.24) is 0 Å². The molecule has 0 aliphatic carbocycles. The number of hydrogen-bond acceptors (Lipinski definition) is 2. The normalized spacial score (nSPS) is 14.9. The average Bonchev–Trinajstić information content (AvgIpc) is 2.02. The van der Waals surface area contributed by atoms with Crippen molar-refractivity contribution in [2.24, 2.45) is 0 Å². The zero-order valence-corrected chi connectivity index (χ0v) is 9.66. The van der Waals surface area contributed by atoms with Crippen LogP contribution >= 0.6 is 7.37 Å². The molecule has 1 unspecified atom stereocenters. The van der Waals surface area contributed by atoms with E-state index in [9.17, 15) is 9.46 Å². The smallest absolute Gasteiger partial charge is 0.201 e. The molecule has 14 heavy (non-hydrogen) atoms. The van der Waals surface area contributed by atoms with Crippen molar-refractivity contribution in [3.63, 3.8) is 0 Å². The molecule has 3 nitrogen and oxygen atoms in total.